The number of carbonyl (C=O) groups excluding carboxylic acids is 1. The van der Waals surface area contributed by atoms with Crippen LogP contribution in [0.5, 0.6) is 5.75 Å². The van der Waals surface area contributed by atoms with E-state index in [-0.39, 0.29) is 25.1 Å². The highest BCUT2D eigenvalue weighted by atomic mass is 16.5. The van der Waals surface area contributed by atoms with Gasteiger partial charge >= 0.3 is 5.97 Å². The van der Waals surface area contributed by atoms with E-state index in [1.54, 1.807) is 11.8 Å². The number of nitrogens with zero attached hydrogens (tertiary/aromatic N) is 1. The number of rotatable bonds is 8. The molecule has 0 radical (unpaired) electrons. The largest absolute Gasteiger partial charge is 0.483 e. The maximum atomic E-state index is 12.4. The molecule has 0 heterocycles. The van der Waals surface area contributed by atoms with Crippen LogP contribution in [0.4, 0.5) is 0 Å². The minimum Gasteiger partial charge on any atom is -0.483 e. The fourth-order valence-corrected chi connectivity index (χ4v) is 2.37. The number of benzene rings is 1. The van der Waals surface area contributed by atoms with Crippen LogP contribution >= 0.6 is 0 Å². The molecule has 1 aromatic rings. The van der Waals surface area contributed by atoms with Crippen LogP contribution in [-0.4, -0.2) is 41.1 Å². The quantitative estimate of drug-likeness (QED) is 0.800. The molecular formula is C17H23NO4. The first-order valence-corrected chi connectivity index (χ1v) is 7.76. The van der Waals surface area contributed by atoms with Crippen molar-refractivity contribution < 1.29 is 19.4 Å². The van der Waals surface area contributed by atoms with Crippen molar-refractivity contribution >= 4 is 11.9 Å². The van der Waals surface area contributed by atoms with Crippen molar-refractivity contribution in [3.05, 3.63) is 29.8 Å². The Kier molecular flexibility index (Phi) is 5.41. The molecule has 120 valence electrons. The number of hydrogen-bond donors (Lipinski definition) is 1. The van der Waals surface area contributed by atoms with E-state index in [9.17, 15) is 9.59 Å². The van der Waals surface area contributed by atoms with Crippen molar-refractivity contribution in [2.75, 3.05) is 13.2 Å². The molecule has 0 spiro atoms. The summed E-state index contributed by atoms with van der Waals surface area (Å²) in [6, 6.07) is 7.83. The van der Waals surface area contributed by atoms with Crippen LogP contribution < -0.4 is 4.74 Å². The molecule has 2 rings (SSSR count). The number of aliphatic carboxylic acids is 1. The van der Waals surface area contributed by atoms with Gasteiger partial charge in [0.2, 0.25) is 0 Å². The zero-order valence-corrected chi connectivity index (χ0v) is 13.1. The lowest BCUT2D eigenvalue weighted by Gasteiger charge is -2.24. The second-order valence-electron chi connectivity index (χ2n) is 5.77. The lowest BCUT2D eigenvalue weighted by Crippen LogP contribution is -2.41. The second-order valence-corrected chi connectivity index (χ2v) is 5.77. The first-order chi connectivity index (χ1) is 10.5. The lowest BCUT2D eigenvalue weighted by molar-refractivity contribution is -0.143. The van der Waals surface area contributed by atoms with Gasteiger partial charge in [0.05, 0.1) is 5.92 Å². The Morgan fingerprint density at radius 3 is 2.64 bits per heavy atom. The van der Waals surface area contributed by atoms with Crippen molar-refractivity contribution in [3.8, 4) is 5.75 Å². The highest BCUT2D eigenvalue weighted by Crippen LogP contribution is 2.28. The van der Waals surface area contributed by atoms with Gasteiger partial charge in [0.1, 0.15) is 5.75 Å². The van der Waals surface area contributed by atoms with Crippen LogP contribution in [0.2, 0.25) is 0 Å². The Labute approximate surface area is 130 Å². The number of aryl methyl sites for hydroxylation is 1. The molecule has 1 saturated carbocycles. The monoisotopic (exact) mass is 305 g/mol. The summed E-state index contributed by atoms with van der Waals surface area (Å²) >= 11 is 0. The molecule has 1 amide bonds. The average Bonchev–Trinajstić information content (AvgIpc) is 3.34. The molecule has 1 aliphatic rings. The Morgan fingerprint density at radius 2 is 2.05 bits per heavy atom. The first-order valence-electron chi connectivity index (χ1n) is 7.76. The van der Waals surface area contributed by atoms with E-state index < -0.39 is 11.9 Å². The van der Waals surface area contributed by atoms with Crippen molar-refractivity contribution in [2.45, 2.75) is 39.2 Å². The summed E-state index contributed by atoms with van der Waals surface area (Å²) in [5.74, 6) is -0.856. The van der Waals surface area contributed by atoms with E-state index in [0.29, 0.717) is 0 Å². The Morgan fingerprint density at radius 1 is 1.36 bits per heavy atom. The number of ether oxygens (including phenoxy) is 1. The zero-order chi connectivity index (χ0) is 16.1. The highest BCUT2D eigenvalue weighted by Gasteiger charge is 2.34. The molecule has 1 aliphatic carbocycles. The standard InChI is InChI=1S/C17H23NO4/c1-3-13-6-4-5-7-15(13)22-11-16(19)18(14-8-9-14)10-12(2)17(20)21/h4-7,12,14H,3,8-11H2,1-2H3,(H,20,21). The fourth-order valence-electron chi connectivity index (χ4n) is 2.37. The Bertz CT molecular complexity index is 539. The van der Waals surface area contributed by atoms with E-state index in [2.05, 4.69) is 0 Å². The van der Waals surface area contributed by atoms with Crippen molar-refractivity contribution in [1.29, 1.82) is 0 Å². The summed E-state index contributed by atoms with van der Waals surface area (Å²) in [5, 5.41) is 9.02. The minimum absolute atomic E-state index is 0.0418. The van der Waals surface area contributed by atoms with Gasteiger partial charge in [0, 0.05) is 12.6 Å². The topological polar surface area (TPSA) is 66.8 Å². The molecule has 0 aliphatic heterocycles. The molecule has 1 aromatic carbocycles. The average molecular weight is 305 g/mol. The molecule has 1 atom stereocenters. The smallest absolute Gasteiger partial charge is 0.308 e. The lowest BCUT2D eigenvalue weighted by atomic mass is 10.1. The molecule has 22 heavy (non-hydrogen) atoms. The summed E-state index contributed by atoms with van der Waals surface area (Å²) < 4.78 is 5.65. The maximum Gasteiger partial charge on any atom is 0.308 e. The summed E-state index contributed by atoms with van der Waals surface area (Å²) in [6.07, 6.45) is 2.74. The van der Waals surface area contributed by atoms with Crippen LogP contribution in [0.1, 0.15) is 32.3 Å². The summed E-state index contributed by atoms with van der Waals surface area (Å²) in [7, 11) is 0. The van der Waals surface area contributed by atoms with Crippen LogP contribution in [0.15, 0.2) is 24.3 Å². The van der Waals surface area contributed by atoms with Crippen LogP contribution in [0.25, 0.3) is 0 Å². The zero-order valence-electron chi connectivity index (χ0n) is 13.1. The molecule has 5 heteroatoms. The first kappa shape index (κ1) is 16.3. The number of carbonyl (C=O) groups is 2. The van der Waals surface area contributed by atoms with Crippen LogP contribution in [-0.2, 0) is 16.0 Å². The highest BCUT2D eigenvalue weighted by molar-refractivity contribution is 5.79. The summed E-state index contributed by atoms with van der Waals surface area (Å²) in [4.78, 5) is 25.0. The van der Waals surface area contributed by atoms with E-state index in [1.165, 1.54) is 0 Å². The maximum absolute atomic E-state index is 12.4. The number of para-hydroxylation sites is 1. The van der Waals surface area contributed by atoms with Crippen molar-refractivity contribution in [1.82, 2.24) is 4.90 Å². The van der Waals surface area contributed by atoms with Gasteiger partial charge in [0.15, 0.2) is 6.61 Å². The molecular weight excluding hydrogens is 282 g/mol. The number of carboxylic acids is 1. The third-order valence-electron chi connectivity index (χ3n) is 3.90. The fraction of sp³-hybridized carbons (Fsp3) is 0.529. The Hall–Kier alpha value is -2.04. The van der Waals surface area contributed by atoms with Gasteiger partial charge < -0.3 is 14.7 Å². The second kappa shape index (κ2) is 7.29. The van der Waals surface area contributed by atoms with Gasteiger partial charge in [-0.15, -0.1) is 0 Å². The molecule has 0 bridgehead atoms. The molecule has 1 N–H and O–H groups in total. The van der Waals surface area contributed by atoms with Gasteiger partial charge in [-0.2, -0.15) is 0 Å². The van der Waals surface area contributed by atoms with E-state index in [4.69, 9.17) is 9.84 Å². The number of amides is 1. The molecule has 0 saturated heterocycles. The molecule has 1 unspecified atom stereocenters. The van der Waals surface area contributed by atoms with E-state index >= 15 is 0 Å². The van der Waals surface area contributed by atoms with Crippen molar-refractivity contribution in [2.24, 2.45) is 5.92 Å². The molecule has 1 fully saturated rings. The third-order valence-corrected chi connectivity index (χ3v) is 3.90. The predicted molar refractivity (Wildman–Crippen MR) is 82.8 cm³/mol. The van der Waals surface area contributed by atoms with E-state index in [1.807, 2.05) is 31.2 Å². The van der Waals surface area contributed by atoms with Gasteiger partial charge in [0.25, 0.3) is 5.91 Å². The van der Waals surface area contributed by atoms with E-state index in [0.717, 1.165) is 30.6 Å². The number of carboxylic acid groups (broad SMARTS) is 1. The van der Waals surface area contributed by atoms with Crippen LogP contribution in [0, 0.1) is 5.92 Å². The SMILES string of the molecule is CCc1ccccc1OCC(=O)N(CC(C)C(=O)O)C1CC1. The van der Waals surface area contributed by atoms with Gasteiger partial charge in [-0.05, 0) is 30.9 Å². The molecule has 0 aromatic heterocycles. The number of hydrogen-bond acceptors (Lipinski definition) is 3. The normalized spacial score (nSPS) is 15.2. The van der Waals surface area contributed by atoms with Crippen LogP contribution in [0.3, 0.4) is 0 Å². The Balaban J connectivity index is 1.95. The summed E-state index contributed by atoms with van der Waals surface area (Å²) in [6.45, 7) is 3.87. The minimum atomic E-state index is -0.879. The van der Waals surface area contributed by atoms with Crippen molar-refractivity contribution in [3.63, 3.8) is 0 Å². The third kappa shape index (κ3) is 4.23. The predicted octanol–water partition coefficient (Wildman–Crippen LogP) is 2.34. The summed E-state index contributed by atoms with van der Waals surface area (Å²) in [5.41, 5.74) is 1.06. The van der Waals surface area contributed by atoms with Gasteiger partial charge in [-0.3, -0.25) is 9.59 Å². The van der Waals surface area contributed by atoms with Gasteiger partial charge in [-0.25, -0.2) is 0 Å². The molecule has 5 nitrogen and oxygen atoms in total. The van der Waals surface area contributed by atoms with Gasteiger partial charge in [-0.1, -0.05) is 32.0 Å².